The van der Waals surface area contributed by atoms with Crippen LogP contribution in [0.3, 0.4) is 0 Å². The standard InChI is InChI=1S/C24H52N.CHNS/c1-5-9-13-17-21-25(22-18-14-10-6-2,23-19-15-11-7-3)24-20-16-12-8-4;2-1-3/h5-24H2,1-4H3;3H/q+1;. The first-order chi connectivity index (χ1) is 13.7. The summed E-state index contributed by atoms with van der Waals surface area (Å²) in [5, 5.41) is 8.63. The highest BCUT2D eigenvalue weighted by Crippen LogP contribution is 2.19. The summed E-state index contributed by atoms with van der Waals surface area (Å²) in [5.74, 6) is 0. The summed E-state index contributed by atoms with van der Waals surface area (Å²) in [6.07, 6.45) is 22.8. The second kappa shape index (κ2) is 24.8. The SMILES string of the molecule is CCCCCC[N+](CCCCCC)(CCCCCC)CCCCCC.N#CS. The highest BCUT2D eigenvalue weighted by molar-refractivity contribution is 7.85. The number of nitrogens with zero attached hydrogens (tertiary/aromatic N) is 2. The minimum atomic E-state index is 1.36. The van der Waals surface area contributed by atoms with Gasteiger partial charge in [0.05, 0.1) is 26.2 Å². The molecule has 0 saturated heterocycles. The first-order valence-corrected chi connectivity index (χ1v) is 13.0. The number of quaternary nitrogens is 1. The van der Waals surface area contributed by atoms with E-state index in [-0.39, 0.29) is 0 Å². The summed E-state index contributed by atoms with van der Waals surface area (Å²) >= 11 is 3.09. The van der Waals surface area contributed by atoms with Crippen molar-refractivity contribution in [3.05, 3.63) is 0 Å². The molecular weight excluding hydrogens is 360 g/mol. The van der Waals surface area contributed by atoms with E-state index >= 15 is 0 Å². The average Bonchev–Trinajstić information content (AvgIpc) is 2.70. The zero-order chi connectivity index (χ0) is 21.3. The minimum Gasteiger partial charge on any atom is -0.324 e. The summed E-state index contributed by atoms with van der Waals surface area (Å²) in [7, 11) is 0. The van der Waals surface area contributed by atoms with Crippen LogP contribution in [0.4, 0.5) is 0 Å². The maximum absolute atomic E-state index is 7.18. The van der Waals surface area contributed by atoms with Crippen molar-refractivity contribution in [2.45, 2.75) is 130 Å². The molecule has 0 aliphatic rings. The molecule has 0 fully saturated rings. The third kappa shape index (κ3) is 20.5. The number of rotatable bonds is 20. The van der Waals surface area contributed by atoms with E-state index in [0.29, 0.717) is 0 Å². The van der Waals surface area contributed by atoms with E-state index < -0.39 is 0 Å². The summed E-state index contributed by atoms with van der Waals surface area (Å²) in [5.41, 5.74) is 0. The van der Waals surface area contributed by atoms with E-state index in [0.717, 1.165) is 0 Å². The number of thiocyanates is 1. The van der Waals surface area contributed by atoms with Crippen molar-refractivity contribution in [1.82, 2.24) is 0 Å². The molecule has 0 heterocycles. The van der Waals surface area contributed by atoms with Crippen LogP contribution in [0, 0.1) is 10.7 Å². The van der Waals surface area contributed by atoms with Gasteiger partial charge in [0.25, 0.3) is 0 Å². The summed E-state index contributed by atoms with van der Waals surface area (Å²) in [6, 6.07) is 0. The van der Waals surface area contributed by atoms with Crippen LogP contribution < -0.4 is 0 Å². The van der Waals surface area contributed by atoms with Gasteiger partial charge in [-0.3, -0.25) is 0 Å². The molecule has 168 valence electrons. The normalized spacial score (nSPS) is 11.0. The van der Waals surface area contributed by atoms with Gasteiger partial charge in [-0.25, -0.2) is 0 Å². The van der Waals surface area contributed by atoms with Gasteiger partial charge in [0.1, 0.15) is 5.40 Å². The molecule has 0 aliphatic heterocycles. The number of unbranched alkanes of at least 4 members (excludes halogenated alkanes) is 12. The number of hydrogen-bond donors (Lipinski definition) is 1. The molecule has 28 heavy (non-hydrogen) atoms. The Labute approximate surface area is 184 Å². The van der Waals surface area contributed by atoms with E-state index in [9.17, 15) is 0 Å². The van der Waals surface area contributed by atoms with Gasteiger partial charge in [0, 0.05) is 0 Å². The zero-order valence-corrected chi connectivity index (χ0v) is 20.9. The number of thiol groups is 1. The Kier molecular flexibility index (Phi) is 26.6. The predicted octanol–water partition coefficient (Wildman–Crippen LogP) is 8.52. The van der Waals surface area contributed by atoms with Gasteiger partial charge in [-0.1, -0.05) is 91.7 Å². The van der Waals surface area contributed by atoms with Crippen molar-refractivity contribution in [1.29, 1.82) is 5.26 Å². The van der Waals surface area contributed by atoms with Gasteiger partial charge in [0.2, 0.25) is 0 Å². The fourth-order valence-electron chi connectivity index (χ4n) is 4.17. The quantitative estimate of drug-likeness (QED) is 0.0919. The number of hydrogen-bond acceptors (Lipinski definition) is 2. The number of nitriles is 1. The predicted molar refractivity (Wildman–Crippen MR) is 131 cm³/mol. The lowest BCUT2D eigenvalue weighted by Crippen LogP contribution is -2.50. The molecule has 0 radical (unpaired) electrons. The topological polar surface area (TPSA) is 23.8 Å². The second-order valence-corrected chi connectivity index (χ2v) is 8.78. The maximum atomic E-state index is 7.18. The largest absolute Gasteiger partial charge is 0.324 e. The molecule has 0 spiro atoms. The Bertz CT molecular complexity index is 271. The van der Waals surface area contributed by atoms with Gasteiger partial charge in [-0.2, -0.15) is 5.26 Å². The zero-order valence-electron chi connectivity index (χ0n) is 20.0. The van der Waals surface area contributed by atoms with Gasteiger partial charge >= 0.3 is 0 Å². The minimum absolute atomic E-state index is 1.36. The lowest BCUT2D eigenvalue weighted by Gasteiger charge is -2.39. The Balaban J connectivity index is 0. The van der Waals surface area contributed by atoms with Crippen LogP contribution >= 0.6 is 12.6 Å². The molecule has 2 nitrogen and oxygen atoms in total. The monoisotopic (exact) mass is 413 g/mol. The maximum Gasteiger partial charge on any atom is 0.130 e. The van der Waals surface area contributed by atoms with Gasteiger partial charge in [-0.15, -0.1) is 0 Å². The summed E-state index contributed by atoms with van der Waals surface area (Å²) in [6.45, 7) is 15.2. The average molecular weight is 414 g/mol. The first-order valence-electron chi connectivity index (χ1n) is 12.5. The van der Waals surface area contributed by atoms with Crippen LogP contribution in [0.2, 0.25) is 0 Å². The third-order valence-electron chi connectivity index (χ3n) is 5.94. The lowest BCUT2D eigenvalue weighted by molar-refractivity contribution is -0.929. The van der Waals surface area contributed by atoms with Crippen LogP contribution in [-0.2, 0) is 0 Å². The first kappa shape index (κ1) is 30.0. The Hall–Kier alpha value is -0.200. The molecule has 0 unspecified atom stereocenters. The Morgan fingerprint density at radius 2 is 0.714 bits per heavy atom. The van der Waals surface area contributed by atoms with Crippen molar-refractivity contribution in [3.8, 4) is 5.40 Å². The van der Waals surface area contributed by atoms with Crippen molar-refractivity contribution in [3.63, 3.8) is 0 Å². The molecule has 0 aliphatic carbocycles. The van der Waals surface area contributed by atoms with E-state index in [1.54, 1.807) is 0 Å². The lowest BCUT2D eigenvalue weighted by atomic mass is 10.1. The Morgan fingerprint density at radius 3 is 0.893 bits per heavy atom. The molecular formula is C25H53N2S+. The van der Waals surface area contributed by atoms with E-state index in [1.807, 2.05) is 0 Å². The van der Waals surface area contributed by atoms with Crippen molar-refractivity contribution in [2.75, 3.05) is 26.2 Å². The molecule has 0 aromatic rings. The van der Waals surface area contributed by atoms with Gasteiger partial charge in [-0.05, 0) is 51.4 Å². The third-order valence-corrected chi connectivity index (χ3v) is 5.94. The molecule has 0 amide bonds. The molecule has 0 N–H and O–H groups in total. The molecule has 0 aromatic carbocycles. The van der Waals surface area contributed by atoms with Crippen LogP contribution in [0.15, 0.2) is 0 Å². The molecule has 0 rings (SSSR count). The van der Waals surface area contributed by atoms with Crippen LogP contribution in [0.25, 0.3) is 0 Å². The second-order valence-electron chi connectivity index (χ2n) is 8.58. The molecule has 0 saturated carbocycles. The fourth-order valence-corrected chi connectivity index (χ4v) is 4.17. The van der Waals surface area contributed by atoms with Crippen molar-refractivity contribution < 1.29 is 4.48 Å². The highest BCUT2D eigenvalue weighted by Gasteiger charge is 2.25. The molecule has 0 atom stereocenters. The molecule has 0 bridgehead atoms. The van der Waals surface area contributed by atoms with Gasteiger partial charge < -0.3 is 4.48 Å². The van der Waals surface area contributed by atoms with Gasteiger partial charge in [0.15, 0.2) is 0 Å². The van der Waals surface area contributed by atoms with Crippen LogP contribution in [0.5, 0.6) is 0 Å². The summed E-state index contributed by atoms with van der Waals surface area (Å²) in [4.78, 5) is 0. The fraction of sp³-hybridized carbons (Fsp3) is 0.960. The van der Waals surface area contributed by atoms with Crippen molar-refractivity contribution >= 4 is 12.6 Å². The van der Waals surface area contributed by atoms with E-state index in [2.05, 4.69) is 40.3 Å². The highest BCUT2D eigenvalue weighted by atomic mass is 32.1. The van der Waals surface area contributed by atoms with Crippen LogP contribution in [0.1, 0.15) is 130 Å². The Morgan fingerprint density at radius 1 is 0.500 bits per heavy atom. The smallest absolute Gasteiger partial charge is 0.130 e. The van der Waals surface area contributed by atoms with E-state index in [4.69, 9.17) is 5.26 Å². The van der Waals surface area contributed by atoms with E-state index in [1.165, 1.54) is 139 Å². The van der Waals surface area contributed by atoms with Crippen LogP contribution in [-0.4, -0.2) is 30.7 Å². The van der Waals surface area contributed by atoms with Crippen molar-refractivity contribution in [2.24, 2.45) is 0 Å². The summed E-state index contributed by atoms with van der Waals surface area (Å²) < 4.78 is 1.46. The molecule has 0 aromatic heterocycles. The molecule has 3 heteroatoms.